The molecule has 5 nitrogen and oxygen atoms in total. The van der Waals surface area contributed by atoms with Crippen molar-refractivity contribution < 1.29 is 9.59 Å². The van der Waals surface area contributed by atoms with E-state index in [1.165, 1.54) is 0 Å². The predicted molar refractivity (Wildman–Crippen MR) is 66.2 cm³/mol. The maximum absolute atomic E-state index is 11.7. The summed E-state index contributed by atoms with van der Waals surface area (Å²) in [6.07, 6.45) is 2.49. The van der Waals surface area contributed by atoms with E-state index in [-0.39, 0.29) is 11.8 Å². The van der Waals surface area contributed by atoms with Gasteiger partial charge in [0.15, 0.2) is 0 Å². The van der Waals surface area contributed by atoms with Crippen molar-refractivity contribution in [3.05, 3.63) is 0 Å². The van der Waals surface area contributed by atoms with Crippen LogP contribution in [0.25, 0.3) is 0 Å². The molecule has 98 valence electrons. The van der Waals surface area contributed by atoms with Gasteiger partial charge in [-0.2, -0.15) is 0 Å². The molecule has 1 fully saturated rings. The first-order valence-corrected chi connectivity index (χ1v) is 6.30. The maximum atomic E-state index is 11.7. The Morgan fingerprint density at radius 3 is 2.65 bits per heavy atom. The molecule has 0 radical (unpaired) electrons. The molecule has 17 heavy (non-hydrogen) atoms. The molecule has 2 amide bonds. The molecule has 2 unspecified atom stereocenters. The van der Waals surface area contributed by atoms with Gasteiger partial charge in [0.2, 0.25) is 11.8 Å². The number of amides is 2. The Morgan fingerprint density at radius 1 is 1.47 bits per heavy atom. The fraction of sp³-hybridized carbons (Fsp3) is 0.833. The number of primary amides is 1. The van der Waals surface area contributed by atoms with Crippen molar-refractivity contribution in [2.24, 2.45) is 17.6 Å². The second kappa shape index (κ2) is 6.59. The lowest BCUT2D eigenvalue weighted by Gasteiger charge is -2.19. The number of carbonyl (C=O) groups is 2. The number of nitrogens with two attached hydrogens (primary N) is 1. The highest BCUT2D eigenvalue weighted by atomic mass is 16.2. The summed E-state index contributed by atoms with van der Waals surface area (Å²) in [7, 11) is 0. The van der Waals surface area contributed by atoms with Crippen LogP contribution < -0.4 is 16.4 Å². The third-order valence-electron chi connectivity index (χ3n) is 3.23. The monoisotopic (exact) mass is 241 g/mol. The predicted octanol–water partition coefficient (Wildman–Crippen LogP) is 0.00220. The molecule has 1 aliphatic heterocycles. The molecule has 1 aliphatic rings. The van der Waals surface area contributed by atoms with Gasteiger partial charge in [0, 0.05) is 6.42 Å². The van der Waals surface area contributed by atoms with Crippen molar-refractivity contribution in [1.29, 1.82) is 0 Å². The van der Waals surface area contributed by atoms with Gasteiger partial charge in [0.25, 0.3) is 0 Å². The summed E-state index contributed by atoms with van der Waals surface area (Å²) in [4.78, 5) is 22.8. The second-order valence-corrected chi connectivity index (χ2v) is 5.09. The van der Waals surface area contributed by atoms with Gasteiger partial charge < -0.3 is 16.4 Å². The lowest BCUT2D eigenvalue weighted by atomic mass is 10.0. The number of carbonyl (C=O) groups excluding carboxylic acids is 2. The Morgan fingerprint density at radius 2 is 2.18 bits per heavy atom. The number of nitrogens with one attached hydrogen (secondary N) is 2. The molecule has 1 saturated heterocycles. The lowest BCUT2D eigenvalue weighted by Crippen LogP contribution is -2.47. The summed E-state index contributed by atoms with van der Waals surface area (Å²) in [5.41, 5.74) is 5.24. The lowest BCUT2D eigenvalue weighted by molar-refractivity contribution is -0.128. The largest absolute Gasteiger partial charge is 0.368 e. The number of hydrogen-bond acceptors (Lipinski definition) is 3. The van der Waals surface area contributed by atoms with Crippen LogP contribution in [0.15, 0.2) is 0 Å². The summed E-state index contributed by atoms with van der Waals surface area (Å²) in [6.45, 7) is 5.78. The second-order valence-electron chi connectivity index (χ2n) is 5.09. The first kappa shape index (κ1) is 14.0. The Bertz CT molecular complexity index is 273. The van der Waals surface area contributed by atoms with E-state index in [4.69, 9.17) is 5.73 Å². The van der Waals surface area contributed by atoms with Crippen LogP contribution in [-0.2, 0) is 9.59 Å². The zero-order valence-electron chi connectivity index (χ0n) is 10.7. The molecule has 1 rings (SSSR count). The number of rotatable bonds is 6. The fourth-order valence-electron chi connectivity index (χ4n) is 2.11. The molecule has 0 aromatic carbocycles. The van der Waals surface area contributed by atoms with Crippen molar-refractivity contribution in [3.63, 3.8) is 0 Å². The van der Waals surface area contributed by atoms with E-state index >= 15 is 0 Å². The first-order chi connectivity index (χ1) is 8.00. The fourth-order valence-corrected chi connectivity index (χ4v) is 2.11. The topological polar surface area (TPSA) is 84.2 Å². The Kier molecular flexibility index (Phi) is 5.41. The molecular formula is C12H23N3O2. The minimum atomic E-state index is -0.552. The van der Waals surface area contributed by atoms with E-state index in [1.54, 1.807) is 0 Å². The van der Waals surface area contributed by atoms with Crippen LogP contribution in [0.5, 0.6) is 0 Å². The van der Waals surface area contributed by atoms with E-state index in [2.05, 4.69) is 10.6 Å². The van der Waals surface area contributed by atoms with Gasteiger partial charge in [-0.15, -0.1) is 0 Å². The summed E-state index contributed by atoms with van der Waals surface area (Å²) in [5.74, 6) is 0.0849. The molecule has 0 aromatic rings. The van der Waals surface area contributed by atoms with E-state index in [1.807, 2.05) is 13.8 Å². The van der Waals surface area contributed by atoms with Crippen LogP contribution in [0, 0.1) is 11.8 Å². The van der Waals surface area contributed by atoms with Gasteiger partial charge >= 0.3 is 0 Å². The summed E-state index contributed by atoms with van der Waals surface area (Å²) < 4.78 is 0. The zero-order valence-corrected chi connectivity index (χ0v) is 10.7. The van der Waals surface area contributed by atoms with Gasteiger partial charge in [-0.05, 0) is 37.8 Å². The van der Waals surface area contributed by atoms with Crippen LogP contribution in [-0.4, -0.2) is 30.9 Å². The van der Waals surface area contributed by atoms with Crippen molar-refractivity contribution in [1.82, 2.24) is 10.6 Å². The van der Waals surface area contributed by atoms with Crippen LogP contribution >= 0.6 is 0 Å². The van der Waals surface area contributed by atoms with Crippen LogP contribution in [0.4, 0.5) is 0 Å². The van der Waals surface area contributed by atoms with E-state index in [9.17, 15) is 9.59 Å². The molecule has 0 bridgehead atoms. The summed E-state index contributed by atoms with van der Waals surface area (Å²) in [5, 5.41) is 5.97. The highest BCUT2D eigenvalue weighted by Crippen LogP contribution is 2.14. The van der Waals surface area contributed by atoms with Gasteiger partial charge in [0.05, 0.1) is 0 Å². The van der Waals surface area contributed by atoms with Gasteiger partial charge in [0.1, 0.15) is 6.04 Å². The van der Waals surface area contributed by atoms with Crippen molar-refractivity contribution in [2.45, 2.75) is 39.2 Å². The Balaban J connectivity index is 2.29. The standard InChI is InChI=1S/C12H23N3O2/c1-8(2)11(12(13)17)15-10(16)4-3-9-5-6-14-7-9/h8-9,11,14H,3-7H2,1-2H3,(H2,13,17)(H,15,16). The quantitative estimate of drug-likeness (QED) is 0.612. The average Bonchev–Trinajstić information content (AvgIpc) is 2.74. The van der Waals surface area contributed by atoms with E-state index < -0.39 is 11.9 Å². The van der Waals surface area contributed by atoms with Crippen molar-refractivity contribution >= 4 is 11.8 Å². The summed E-state index contributed by atoms with van der Waals surface area (Å²) >= 11 is 0. The third kappa shape index (κ3) is 4.73. The summed E-state index contributed by atoms with van der Waals surface area (Å²) in [6, 6.07) is -0.552. The molecular weight excluding hydrogens is 218 g/mol. The van der Waals surface area contributed by atoms with Gasteiger partial charge in [-0.1, -0.05) is 13.8 Å². The van der Waals surface area contributed by atoms with E-state index in [0.717, 1.165) is 25.9 Å². The molecule has 0 aromatic heterocycles. The normalized spacial score (nSPS) is 21.5. The van der Waals surface area contributed by atoms with Crippen LogP contribution in [0.3, 0.4) is 0 Å². The molecule has 1 heterocycles. The molecule has 2 atom stereocenters. The Labute approximate surface area is 103 Å². The highest BCUT2D eigenvalue weighted by molar-refractivity contribution is 5.86. The Hall–Kier alpha value is -1.10. The van der Waals surface area contributed by atoms with Crippen molar-refractivity contribution in [2.75, 3.05) is 13.1 Å². The molecule has 5 heteroatoms. The van der Waals surface area contributed by atoms with Gasteiger partial charge in [-0.3, -0.25) is 9.59 Å². The third-order valence-corrected chi connectivity index (χ3v) is 3.23. The molecule has 0 aliphatic carbocycles. The minimum Gasteiger partial charge on any atom is -0.368 e. The number of hydrogen-bond donors (Lipinski definition) is 3. The SMILES string of the molecule is CC(C)C(NC(=O)CCC1CCNC1)C(N)=O. The van der Waals surface area contributed by atoms with Crippen molar-refractivity contribution in [3.8, 4) is 0 Å². The van der Waals surface area contributed by atoms with E-state index in [0.29, 0.717) is 12.3 Å². The smallest absolute Gasteiger partial charge is 0.240 e. The molecule has 0 saturated carbocycles. The molecule has 0 spiro atoms. The van der Waals surface area contributed by atoms with Crippen LogP contribution in [0.1, 0.15) is 33.1 Å². The van der Waals surface area contributed by atoms with Gasteiger partial charge in [-0.25, -0.2) is 0 Å². The minimum absolute atomic E-state index is 0.0320. The van der Waals surface area contributed by atoms with Crippen LogP contribution in [0.2, 0.25) is 0 Å². The molecule has 4 N–H and O–H groups in total. The highest BCUT2D eigenvalue weighted by Gasteiger charge is 2.22. The zero-order chi connectivity index (χ0) is 12.8. The first-order valence-electron chi connectivity index (χ1n) is 6.30. The average molecular weight is 241 g/mol. The maximum Gasteiger partial charge on any atom is 0.240 e.